The fourth-order valence-electron chi connectivity index (χ4n) is 2.18. The van der Waals surface area contributed by atoms with Gasteiger partial charge in [0.15, 0.2) is 0 Å². The SMILES string of the molecule is CC(N)CCC(=O)N1CC(O)(C2CC2)C1. The minimum absolute atomic E-state index is 0.0811. The normalized spacial score (nSPS) is 25.9. The molecule has 0 aromatic heterocycles. The van der Waals surface area contributed by atoms with Gasteiger partial charge in [0.25, 0.3) is 0 Å². The third-order valence-electron chi connectivity index (χ3n) is 3.43. The molecule has 1 atom stereocenters. The predicted molar refractivity (Wildman–Crippen MR) is 57.1 cm³/mol. The Balaban J connectivity index is 1.71. The molecule has 2 rings (SSSR count). The number of β-amino-alcohol motifs (C(OH)–C–C–N with tert-alkyl or cyclic N) is 1. The molecule has 1 saturated heterocycles. The van der Waals surface area contributed by atoms with E-state index in [2.05, 4.69) is 0 Å². The molecule has 2 fully saturated rings. The zero-order valence-electron chi connectivity index (χ0n) is 9.28. The summed E-state index contributed by atoms with van der Waals surface area (Å²) < 4.78 is 0. The number of amides is 1. The van der Waals surface area contributed by atoms with Crippen molar-refractivity contribution in [1.29, 1.82) is 0 Å². The Hall–Kier alpha value is -0.610. The number of carbonyl (C=O) groups is 1. The standard InChI is InChI=1S/C11H20N2O2/c1-8(12)2-5-10(14)13-6-11(15,7-13)9-3-4-9/h8-9,15H,2-7,12H2,1H3. The van der Waals surface area contributed by atoms with Gasteiger partial charge in [-0.1, -0.05) is 0 Å². The third kappa shape index (κ3) is 2.32. The van der Waals surface area contributed by atoms with Crippen molar-refractivity contribution in [3.05, 3.63) is 0 Å². The molecule has 1 saturated carbocycles. The molecule has 0 aromatic carbocycles. The van der Waals surface area contributed by atoms with Crippen LogP contribution in [0.3, 0.4) is 0 Å². The van der Waals surface area contributed by atoms with E-state index in [9.17, 15) is 9.90 Å². The number of likely N-dealkylation sites (tertiary alicyclic amines) is 1. The van der Waals surface area contributed by atoms with Gasteiger partial charge in [-0.25, -0.2) is 0 Å². The Kier molecular flexibility index (Phi) is 2.73. The molecule has 1 unspecified atom stereocenters. The number of aliphatic hydroxyl groups is 1. The summed E-state index contributed by atoms with van der Waals surface area (Å²) in [5.41, 5.74) is 5.04. The Bertz CT molecular complexity index is 255. The van der Waals surface area contributed by atoms with Gasteiger partial charge in [-0.15, -0.1) is 0 Å². The Morgan fingerprint density at radius 3 is 2.67 bits per heavy atom. The monoisotopic (exact) mass is 212 g/mol. The van der Waals surface area contributed by atoms with E-state index in [-0.39, 0.29) is 11.9 Å². The molecule has 1 amide bonds. The van der Waals surface area contributed by atoms with Crippen LogP contribution in [0, 0.1) is 5.92 Å². The van der Waals surface area contributed by atoms with Crippen LogP contribution < -0.4 is 5.73 Å². The molecular weight excluding hydrogens is 192 g/mol. The first-order valence-electron chi connectivity index (χ1n) is 5.77. The minimum Gasteiger partial charge on any atom is -0.386 e. The number of hydrogen-bond donors (Lipinski definition) is 2. The highest BCUT2D eigenvalue weighted by molar-refractivity contribution is 5.77. The molecule has 1 aliphatic carbocycles. The van der Waals surface area contributed by atoms with E-state index in [0.717, 1.165) is 19.3 Å². The molecule has 4 heteroatoms. The molecule has 2 aliphatic rings. The van der Waals surface area contributed by atoms with E-state index in [1.165, 1.54) is 0 Å². The molecule has 15 heavy (non-hydrogen) atoms. The average Bonchev–Trinajstić information content (AvgIpc) is 2.91. The lowest BCUT2D eigenvalue weighted by Gasteiger charge is -2.47. The minimum atomic E-state index is -0.552. The number of nitrogens with zero attached hydrogens (tertiary/aromatic N) is 1. The van der Waals surface area contributed by atoms with Gasteiger partial charge in [-0.05, 0) is 32.1 Å². The first-order valence-corrected chi connectivity index (χ1v) is 5.77. The first kappa shape index (κ1) is 10.9. The summed E-state index contributed by atoms with van der Waals surface area (Å²) in [5, 5.41) is 10.0. The van der Waals surface area contributed by atoms with Gasteiger partial charge in [0.1, 0.15) is 5.60 Å². The maximum atomic E-state index is 11.6. The summed E-state index contributed by atoms with van der Waals surface area (Å²) in [6.07, 6.45) is 3.49. The smallest absolute Gasteiger partial charge is 0.222 e. The van der Waals surface area contributed by atoms with E-state index in [4.69, 9.17) is 5.73 Å². The average molecular weight is 212 g/mol. The van der Waals surface area contributed by atoms with E-state index < -0.39 is 5.60 Å². The van der Waals surface area contributed by atoms with Crippen molar-refractivity contribution in [2.45, 2.75) is 44.2 Å². The van der Waals surface area contributed by atoms with E-state index in [1.54, 1.807) is 4.90 Å². The summed E-state index contributed by atoms with van der Waals surface area (Å²) >= 11 is 0. The van der Waals surface area contributed by atoms with Crippen molar-refractivity contribution in [1.82, 2.24) is 4.90 Å². The molecule has 1 heterocycles. The van der Waals surface area contributed by atoms with Crippen molar-refractivity contribution >= 4 is 5.91 Å². The first-order chi connectivity index (χ1) is 7.01. The van der Waals surface area contributed by atoms with Gasteiger partial charge in [-0.2, -0.15) is 0 Å². The number of nitrogens with two attached hydrogens (primary N) is 1. The van der Waals surface area contributed by atoms with E-state index in [0.29, 0.717) is 25.4 Å². The van der Waals surface area contributed by atoms with Gasteiger partial charge in [-0.3, -0.25) is 4.79 Å². The van der Waals surface area contributed by atoms with E-state index >= 15 is 0 Å². The topological polar surface area (TPSA) is 66.6 Å². The molecule has 1 aliphatic heterocycles. The fraction of sp³-hybridized carbons (Fsp3) is 0.909. The van der Waals surface area contributed by atoms with Gasteiger partial charge in [0, 0.05) is 12.5 Å². The second-order valence-electron chi connectivity index (χ2n) is 5.14. The lowest BCUT2D eigenvalue weighted by molar-refractivity contribution is -0.159. The quantitative estimate of drug-likeness (QED) is 0.694. The van der Waals surface area contributed by atoms with E-state index in [1.807, 2.05) is 6.92 Å². The zero-order chi connectivity index (χ0) is 11.1. The van der Waals surface area contributed by atoms with Crippen molar-refractivity contribution in [2.75, 3.05) is 13.1 Å². The highest BCUT2D eigenvalue weighted by Crippen LogP contribution is 2.44. The highest BCUT2D eigenvalue weighted by atomic mass is 16.3. The summed E-state index contributed by atoms with van der Waals surface area (Å²) in [6, 6.07) is 0.0811. The Morgan fingerprint density at radius 1 is 1.60 bits per heavy atom. The van der Waals surface area contributed by atoms with Crippen molar-refractivity contribution in [3.8, 4) is 0 Å². The van der Waals surface area contributed by atoms with Crippen molar-refractivity contribution < 1.29 is 9.90 Å². The van der Waals surface area contributed by atoms with Crippen LogP contribution in [-0.2, 0) is 4.79 Å². The van der Waals surface area contributed by atoms with Crippen LogP contribution in [0.1, 0.15) is 32.6 Å². The van der Waals surface area contributed by atoms with Gasteiger partial charge in [0.2, 0.25) is 5.91 Å². The van der Waals surface area contributed by atoms with Crippen LogP contribution in [0.2, 0.25) is 0 Å². The van der Waals surface area contributed by atoms with Crippen molar-refractivity contribution in [3.63, 3.8) is 0 Å². The van der Waals surface area contributed by atoms with Crippen LogP contribution in [0.15, 0.2) is 0 Å². The summed E-state index contributed by atoms with van der Waals surface area (Å²) in [6.45, 7) is 2.98. The predicted octanol–water partition coefficient (Wildman–Crippen LogP) is 0.0971. The number of hydrogen-bond acceptors (Lipinski definition) is 3. The maximum Gasteiger partial charge on any atom is 0.222 e. The molecule has 0 aromatic rings. The molecular formula is C11H20N2O2. The van der Waals surface area contributed by atoms with Crippen LogP contribution in [0.25, 0.3) is 0 Å². The molecule has 86 valence electrons. The van der Waals surface area contributed by atoms with Crippen LogP contribution >= 0.6 is 0 Å². The molecule has 3 N–H and O–H groups in total. The molecule has 4 nitrogen and oxygen atoms in total. The number of rotatable bonds is 4. The summed E-state index contributed by atoms with van der Waals surface area (Å²) in [4.78, 5) is 13.4. The lowest BCUT2D eigenvalue weighted by Crippen LogP contribution is -2.64. The fourth-order valence-corrected chi connectivity index (χ4v) is 2.18. The third-order valence-corrected chi connectivity index (χ3v) is 3.43. The maximum absolute atomic E-state index is 11.6. The zero-order valence-corrected chi connectivity index (χ0v) is 9.28. The van der Waals surface area contributed by atoms with Crippen LogP contribution in [0.5, 0.6) is 0 Å². The largest absolute Gasteiger partial charge is 0.386 e. The Labute approximate surface area is 90.4 Å². The van der Waals surface area contributed by atoms with Gasteiger partial charge >= 0.3 is 0 Å². The summed E-state index contributed by atoms with van der Waals surface area (Å²) in [5.74, 6) is 0.590. The van der Waals surface area contributed by atoms with Gasteiger partial charge in [0.05, 0.1) is 13.1 Å². The van der Waals surface area contributed by atoms with Crippen LogP contribution in [0.4, 0.5) is 0 Å². The van der Waals surface area contributed by atoms with Crippen LogP contribution in [-0.4, -0.2) is 40.6 Å². The molecule has 0 radical (unpaired) electrons. The second kappa shape index (κ2) is 3.76. The number of carbonyl (C=O) groups excluding carboxylic acids is 1. The molecule has 0 spiro atoms. The highest BCUT2D eigenvalue weighted by Gasteiger charge is 2.52. The second-order valence-corrected chi connectivity index (χ2v) is 5.14. The van der Waals surface area contributed by atoms with Gasteiger partial charge < -0.3 is 15.7 Å². The Morgan fingerprint density at radius 2 is 2.20 bits per heavy atom. The molecule has 0 bridgehead atoms. The van der Waals surface area contributed by atoms with Crippen molar-refractivity contribution in [2.24, 2.45) is 11.7 Å². The summed E-state index contributed by atoms with van der Waals surface area (Å²) in [7, 11) is 0. The lowest BCUT2D eigenvalue weighted by atomic mass is 9.88.